The predicted molar refractivity (Wildman–Crippen MR) is 329 cm³/mol. The Bertz CT molecular complexity index is 3400. The lowest BCUT2D eigenvalue weighted by molar-refractivity contribution is -0.00514. The Morgan fingerprint density at radius 2 is 0.727 bits per heavy atom. The highest BCUT2D eigenvalue weighted by atomic mass is 35.5. The summed E-state index contributed by atoms with van der Waals surface area (Å²) in [5.74, 6) is 2.27. The number of nitrogens with zero attached hydrogens (tertiary/aromatic N) is 2. The van der Waals surface area contributed by atoms with Crippen molar-refractivity contribution < 1.29 is 0 Å². The highest BCUT2D eigenvalue weighted by Crippen LogP contribution is 2.63. The van der Waals surface area contributed by atoms with Crippen LogP contribution in [0.25, 0.3) is 44.5 Å². The van der Waals surface area contributed by atoms with Gasteiger partial charge in [0.25, 0.3) is 6.71 Å². The van der Waals surface area contributed by atoms with Crippen LogP contribution >= 0.6 is 23.2 Å². The van der Waals surface area contributed by atoms with Crippen molar-refractivity contribution in [2.75, 3.05) is 9.80 Å². The second-order valence-corrected chi connectivity index (χ2v) is 26.3. The van der Waals surface area contributed by atoms with Gasteiger partial charge in [0.05, 0.1) is 11.4 Å². The molecule has 0 spiro atoms. The van der Waals surface area contributed by atoms with Gasteiger partial charge >= 0.3 is 0 Å². The largest absolute Gasteiger partial charge is 0.310 e. The summed E-state index contributed by atoms with van der Waals surface area (Å²) in [7, 11) is 0. The Morgan fingerprint density at radius 3 is 1.04 bits per heavy atom. The maximum absolute atomic E-state index is 7.40. The third-order valence-electron chi connectivity index (χ3n) is 18.4. The normalized spacial score (nSPS) is 20.0. The zero-order valence-corrected chi connectivity index (χ0v) is 46.7. The molecule has 0 atom stereocenters. The summed E-state index contributed by atoms with van der Waals surface area (Å²) in [5, 5.41) is 1.44. The van der Waals surface area contributed by atoms with Crippen molar-refractivity contribution in [2.45, 2.75) is 96.3 Å². The SMILES string of the molecule is CC(C)(C)c1cc(-c2ccccc2)c(N2c3cc(Cl)ccc3B3c4ccc(Cl)cc4N(c4c(-c5ccccc5)cc(C(C)(C)C)cc4-c4ccccc4)c4cc(C56CC7CC(CC(C7)C5)C6)cc2c43)c(-c2ccccc2)c1. The quantitative estimate of drug-likeness (QED) is 0.147. The fourth-order valence-electron chi connectivity index (χ4n) is 15.2. The van der Waals surface area contributed by atoms with E-state index in [1.807, 2.05) is 0 Å². The van der Waals surface area contributed by atoms with Crippen LogP contribution in [0.4, 0.5) is 34.1 Å². The third kappa shape index (κ3) is 8.12. The molecule has 0 saturated heterocycles. The summed E-state index contributed by atoms with van der Waals surface area (Å²) < 4.78 is 0. The van der Waals surface area contributed by atoms with Crippen molar-refractivity contribution in [1.29, 1.82) is 0 Å². The monoisotopic (exact) mass is 1040 g/mol. The molecule has 77 heavy (non-hydrogen) atoms. The van der Waals surface area contributed by atoms with Gasteiger partial charge in [-0.3, -0.25) is 0 Å². The molecule has 0 radical (unpaired) electrons. The Morgan fingerprint density at radius 1 is 0.403 bits per heavy atom. The molecule has 0 unspecified atom stereocenters. The van der Waals surface area contributed by atoms with Crippen LogP contribution in [-0.4, -0.2) is 6.71 Å². The van der Waals surface area contributed by atoms with Crippen LogP contribution in [0, 0.1) is 17.8 Å². The minimum absolute atomic E-state index is 0.0531. The molecule has 5 heteroatoms. The summed E-state index contributed by atoms with van der Waals surface area (Å²) in [4.78, 5) is 5.35. The van der Waals surface area contributed by atoms with Gasteiger partial charge in [-0.15, -0.1) is 0 Å². The summed E-state index contributed by atoms with van der Waals surface area (Å²) >= 11 is 14.8. The Hall–Kier alpha value is -6.78. The van der Waals surface area contributed by atoms with E-state index in [1.165, 1.54) is 139 Å². The molecule has 4 fully saturated rings. The molecule has 0 amide bonds. The first kappa shape index (κ1) is 48.6. The van der Waals surface area contributed by atoms with Crippen molar-refractivity contribution in [2.24, 2.45) is 17.8 Å². The molecule has 4 bridgehead atoms. The standard InChI is InChI=1S/C72H65BCl2N2/c1-70(2,3)52-34-57(48-19-11-7-12-20-48)68(58(35-52)49-21-13-8-14-22-49)76-63-40-55(74)27-29-61(63)73-62-30-28-56(75)41-64(62)77(66-39-54(38-65(76)67(66)73)72-42-45-31-46(43-72)33-47(32-45)44-72)69-59(50-23-15-9-16-24-50)36-53(71(4,5)6)37-60(69)51-25-17-10-18-26-51/h7-30,34-41,45-47H,31-33,42-44H2,1-6H3. The van der Waals surface area contributed by atoms with Crippen LogP contribution in [-0.2, 0) is 16.2 Å². The predicted octanol–water partition coefficient (Wildman–Crippen LogP) is 18.8. The fourth-order valence-corrected chi connectivity index (χ4v) is 15.5. The highest BCUT2D eigenvalue weighted by Gasteiger charge is 2.53. The molecule has 15 rings (SSSR count). The third-order valence-corrected chi connectivity index (χ3v) is 18.9. The van der Waals surface area contributed by atoms with E-state index >= 15 is 0 Å². The molecule has 9 aromatic rings. The number of hydrogen-bond donors (Lipinski definition) is 0. The van der Waals surface area contributed by atoms with Gasteiger partial charge in [-0.05, 0) is 189 Å². The average Bonchev–Trinajstić information content (AvgIpc) is 3.42. The molecule has 4 aliphatic carbocycles. The molecule has 2 nitrogen and oxygen atoms in total. The maximum atomic E-state index is 7.40. The number of fused-ring (bicyclic) bond motifs is 4. The molecule has 6 aliphatic rings. The van der Waals surface area contributed by atoms with Gasteiger partial charge < -0.3 is 9.80 Å². The lowest BCUT2D eigenvalue weighted by atomic mass is 9.33. The van der Waals surface area contributed by atoms with Crippen molar-refractivity contribution in [3.8, 4) is 44.5 Å². The van der Waals surface area contributed by atoms with E-state index in [4.69, 9.17) is 23.2 Å². The van der Waals surface area contributed by atoms with Gasteiger partial charge in [0.1, 0.15) is 0 Å². The van der Waals surface area contributed by atoms with Gasteiger partial charge in [0, 0.05) is 55.0 Å². The van der Waals surface area contributed by atoms with E-state index in [0.29, 0.717) is 0 Å². The minimum atomic E-state index is -0.127. The minimum Gasteiger partial charge on any atom is -0.310 e. The zero-order chi connectivity index (χ0) is 52.5. The molecular weight excluding hydrogens is 975 g/mol. The van der Waals surface area contributed by atoms with Crippen LogP contribution in [0.2, 0.25) is 10.0 Å². The second kappa shape index (κ2) is 18.2. The molecule has 380 valence electrons. The molecule has 2 heterocycles. The van der Waals surface area contributed by atoms with Gasteiger partial charge in [-0.1, -0.05) is 198 Å². The van der Waals surface area contributed by atoms with Crippen molar-refractivity contribution in [3.05, 3.63) is 221 Å². The highest BCUT2D eigenvalue weighted by molar-refractivity contribution is 7.00. The van der Waals surface area contributed by atoms with E-state index in [1.54, 1.807) is 0 Å². The van der Waals surface area contributed by atoms with Crippen LogP contribution in [0.15, 0.2) is 194 Å². The summed E-state index contributed by atoms with van der Waals surface area (Å²) in [6, 6.07) is 73.2. The molecule has 2 aliphatic heterocycles. The van der Waals surface area contributed by atoms with Gasteiger partial charge in [0.2, 0.25) is 0 Å². The van der Waals surface area contributed by atoms with Gasteiger partial charge in [-0.2, -0.15) is 0 Å². The van der Waals surface area contributed by atoms with Crippen LogP contribution in [0.1, 0.15) is 96.8 Å². The Balaban J connectivity index is 1.17. The van der Waals surface area contributed by atoms with Crippen molar-refractivity contribution >= 4 is 80.4 Å². The van der Waals surface area contributed by atoms with E-state index in [2.05, 4.69) is 245 Å². The smallest absolute Gasteiger partial charge is 0.252 e. The molecule has 9 aromatic carbocycles. The zero-order valence-electron chi connectivity index (χ0n) is 45.2. The first-order valence-electron chi connectivity index (χ1n) is 28.2. The number of halogens is 2. The first-order chi connectivity index (χ1) is 37.2. The van der Waals surface area contributed by atoms with Gasteiger partial charge in [0.15, 0.2) is 0 Å². The number of benzene rings is 9. The fraction of sp³-hybridized carbons (Fsp3) is 0.250. The molecular formula is C72H65BCl2N2. The average molecular weight is 1040 g/mol. The van der Waals surface area contributed by atoms with E-state index in [0.717, 1.165) is 39.2 Å². The Labute approximate surface area is 466 Å². The molecule has 4 saturated carbocycles. The van der Waals surface area contributed by atoms with Crippen LogP contribution in [0.5, 0.6) is 0 Å². The molecule has 0 N–H and O–H groups in total. The maximum Gasteiger partial charge on any atom is 0.252 e. The Kier molecular flexibility index (Phi) is 11.5. The summed E-state index contributed by atoms with van der Waals surface area (Å²) in [6.07, 6.45) is 7.83. The first-order valence-corrected chi connectivity index (χ1v) is 28.9. The lowest BCUT2D eigenvalue weighted by Gasteiger charge is -2.57. The topological polar surface area (TPSA) is 6.48 Å². The lowest BCUT2D eigenvalue weighted by Crippen LogP contribution is -2.61. The van der Waals surface area contributed by atoms with E-state index in [-0.39, 0.29) is 23.0 Å². The van der Waals surface area contributed by atoms with Crippen LogP contribution in [0.3, 0.4) is 0 Å². The number of hydrogen-bond acceptors (Lipinski definition) is 2. The van der Waals surface area contributed by atoms with Gasteiger partial charge in [-0.25, -0.2) is 0 Å². The number of rotatable bonds is 7. The van der Waals surface area contributed by atoms with Crippen molar-refractivity contribution in [1.82, 2.24) is 0 Å². The summed E-state index contributed by atoms with van der Waals surface area (Å²) in [5.41, 5.74) is 24.2. The molecule has 0 aromatic heterocycles. The number of anilines is 6. The van der Waals surface area contributed by atoms with E-state index < -0.39 is 0 Å². The van der Waals surface area contributed by atoms with E-state index in [9.17, 15) is 0 Å². The van der Waals surface area contributed by atoms with Crippen LogP contribution < -0.4 is 26.2 Å². The second-order valence-electron chi connectivity index (χ2n) is 25.4. The summed E-state index contributed by atoms with van der Waals surface area (Å²) in [6.45, 7) is 13.9. The van der Waals surface area contributed by atoms with Crippen molar-refractivity contribution in [3.63, 3.8) is 0 Å².